The van der Waals surface area contributed by atoms with Crippen LogP contribution in [-0.4, -0.2) is 48.7 Å². The molecule has 0 aliphatic heterocycles. The topological polar surface area (TPSA) is 54.0 Å². The van der Waals surface area contributed by atoms with E-state index in [2.05, 4.69) is 6.58 Å². The first-order valence-electron chi connectivity index (χ1n) is 5.02. The van der Waals surface area contributed by atoms with E-state index in [0.29, 0.717) is 19.3 Å². The average Bonchev–Trinajstić information content (AvgIpc) is 2.32. The summed E-state index contributed by atoms with van der Waals surface area (Å²) < 4.78 is 20.7. The molecule has 94 valence electrons. The summed E-state index contributed by atoms with van der Waals surface area (Å²) in [6.45, 7) is 3.66. The molecule has 16 heavy (non-hydrogen) atoms. The molecule has 0 aliphatic rings. The Morgan fingerprint density at radius 3 is 2.38 bits per heavy atom. The number of rotatable bonds is 9. The molecule has 0 saturated carbocycles. The van der Waals surface area contributed by atoms with Crippen LogP contribution in [0.3, 0.4) is 0 Å². The normalized spacial score (nSPS) is 11.2. The number of methoxy groups -OCH3 is 1. The highest BCUT2D eigenvalue weighted by Crippen LogP contribution is 2.14. The molecule has 0 spiro atoms. The van der Waals surface area contributed by atoms with Crippen molar-refractivity contribution in [2.24, 2.45) is 0 Å². The van der Waals surface area contributed by atoms with Crippen molar-refractivity contribution in [2.45, 2.75) is 12.5 Å². The third-order valence-electron chi connectivity index (χ3n) is 2.22. The minimum atomic E-state index is -2.26. The van der Waals surface area contributed by atoms with Crippen molar-refractivity contribution in [2.75, 3.05) is 34.2 Å². The Morgan fingerprint density at radius 1 is 1.31 bits per heavy atom. The molecule has 0 rings (SSSR count). The molecule has 5 nitrogen and oxygen atoms in total. The van der Waals surface area contributed by atoms with Crippen LogP contribution in [0.25, 0.3) is 0 Å². The van der Waals surface area contributed by atoms with Crippen LogP contribution in [0.5, 0.6) is 0 Å². The second-order valence-corrected chi connectivity index (χ2v) is 6.65. The Bertz CT molecular complexity index is 215. The van der Waals surface area contributed by atoms with Crippen molar-refractivity contribution >= 4 is 14.5 Å². The third-order valence-corrected chi connectivity index (χ3v) is 5.55. The van der Waals surface area contributed by atoms with Gasteiger partial charge in [-0.05, 0) is 12.5 Å². The van der Waals surface area contributed by atoms with Gasteiger partial charge in [0.1, 0.15) is 0 Å². The van der Waals surface area contributed by atoms with Gasteiger partial charge in [-0.25, -0.2) is 4.79 Å². The molecule has 0 N–H and O–H groups in total. The molecule has 6 heteroatoms. The van der Waals surface area contributed by atoms with E-state index in [4.69, 9.17) is 18.3 Å². The first-order valence-corrected chi connectivity index (χ1v) is 7.25. The van der Waals surface area contributed by atoms with E-state index in [9.17, 15) is 4.79 Å². The number of carbonyl (C=O) groups is 1. The molecule has 0 aliphatic carbocycles. The summed E-state index contributed by atoms with van der Waals surface area (Å²) in [4.78, 5) is 10.8. The zero-order valence-electron chi connectivity index (χ0n) is 10.2. The summed E-state index contributed by atoms with van der Waals surface area (Å²) in [6.07, 6.45) is 2.30. The maximum absolute atomic E-state index is 10.8. The molecular weight excluding hydrogens is 228 g/mol. The monoisotopic (exact) mass is 248 g/mol. The number of hydrogen-bond donors (Lipinski definition) is 0. The summed E-state index contributed by atoms with van der Waals surface area (Å²) in [5.74, 6) is -0.408. The SMILES string of the molecule is C=CC(=O)OCCC[Si](COC)(OC)OC. The molecule has 0 fully saturated rings. The smallest absolute Gasteiger partial charge is 0.364 e. The number of esters is 1. The maximum Gasteiger partial charge on any atom is 0.364 e. The minimum Gasteiger partial charge on any atom is -0.463 e. The van der Waals surface area contributed by atoms with E-state index in [1.165, 1.54) is 0 Å². The predicted molar refractivity (Wildman–Crippen MR) is 62.2 cm³/mol. The van der Waals surface area contributed by atoms with Gasteiger partial charge in [0, 0.05) is 27.4 Å². The van der Waals surface area contributed by atoms with E-state index in [1.807, 2.05) is 0 Å². The van der Waals surface area contributed by atoms with Gasteiger partial charge in [-0.1, -0.05) is 6.58 Å². The van der Waals surface area contributed by atoms with Crippen LogP contribution in [0.15, 0.2) is 12.7 Å². The van der Waals surface area contributed by atoms with Crippen LogP contribution in [0, 0.1) is 0 Å². The van der Waals surface area contributed by atoms with E-state index in [1.54, 1.807) is 21.3 Å². The molecule has 0 atom stereocenters. The van der Waals surface area contributed by atoms with Gasteiger partial charge in [0.2, 0.25) is 0 Å². The standard InChI is InChI=1S/C10H20O5Si/c1-5-10(11)15-7-6-8-16(13-3,14-4)9-12-2/h5H,1,6-9H2,2-4H3. The molecule has 0 bridgehead atoms. The summed E-state index contributed by atoms with van der Waals surface area (Å²) in [5.41, 5.74) is 0. The Balaban J connectivity index is 3.92. The van der Waals surface area contributed by atoms with Crippen molar-refractivity contribution in [1.82, 2.24) is 0 Å². The lowest BCUT2D eigenvalue weighted by Crippen LogP contribution is -2.45. The molecule has 0 aromatic heterocycles. The Kier molecular flexibility index (Phi) is 8.09. The highest BCUT2D eigenvalue weighted by molar-refractivity contribution is 6.67. The number of ether oxygens (including phenoxy) is 2. The quantitative estimate of drug-likeness (QED) is 0.264. The zero-order valence-corrected chi connectivity index (χ0v) is 11.2. The lowest BCUT2D eigenvalue weighted by molar-refractivity contribution is -0.137. The van der Waals surface area contributed by atoms with Crippen LogP contribution in [0.2, 0.25) is 6.04 Å². The largest absolute Gasteiger partial charge is 0.463 e. The van der Waals surface area contributed by atoms with Gasteiger partial charge in [-0.15, -0.1) is 0 Å². The lowest BCUT2D eigenvalue weighted by Gasteiger charge is -2.26. The van der Waals surface area contributed by atoms with Gasteiger partial charge in [0.05, 0.1) is 12.8 Å². The first kappa shape index (κ1) is 15.3. The predicted octanol–water partition coefficient (Wildman–Crippen LogP) is 1.03. The molecule has 0 heterocycles. The first-order chi connectivity index (χ1) is 7.64. The average molecular weight is 248 g/mol. The fourth-order valence-electron chi connectivity index (χ4n) is 1.27. The Hall–Kier alpha value is -0.693. The van der Waals surface area contributed by atoms with Crippen LogP contribution in [-0.2, 0) is 23.1 Å². The Labute approximate surface area is 97.6 Å². The summed E-state index contributed by atoms with van der Waals surface area (Å²) >= 11 is 0. The lowest BCUT2D eigenvalue weighted by atomic mass is 10.5. The van der Waals surface area contributed by atoms with Crippen molar-refractivity contribution in [3.05, 3.63) is 12.7 Å². The number of carbonyl (C=O) groups excluding carboxylic acids is 1. The van der Waals surface area contributed by atoms with Crippen molar-refractivity contribution in [3.8, 4) is 0 Å². The molecule has 0 unspecified atom stereocenters. The molecule has 0 radical (unpaired) electrons. The highest BCUT2D eigenvalue weighted by atomic mass is 28.4. The third kappa shape index (κ3) is 5.41. The van der Waals surface area contributed by atoms with E-state index in [0.717, 1.165) is 12.1 Å². The molecule has 0 amide bonds. The van der Waals surface area contributed by atoms with Gasteiger partial charge < -0.3 is 18.3 Å². The second kappa shape index (κ2) is 8.46. The van der Waals surface area contributed by atoms with Crippen LogP contribution in [0.4, 0.5) is 0 Å². The van der Waals surface area contributed by atoms with Crippen molar-refractivity contribution in [1.29, 1.82) is 0 Å². The van der Waals surface area contributed by atoms with Crippen molar-refractivity contribution < 1.29 is 23.1 Å². The number of hydrogen-bond acceptors (Lipinski definition) is 5. The fraction of sp³-hybridized carbons (Fsp3) is 0.700. The van der Waals surface area contributed by atoms with Gasteiger partial charge >= 0.3 is 14.5 Å². The summed E-state index contributed by atoms with van der Waals surface area (Å²) in [7, 11) is 2.57. The molecule has 0 aromatic rings. The van der Waals surface area contributed by atoms with Crippen LogP contribution in [0.1, 0.15) is 6.42 Å². The Morgan fingerprint density at radius 2 is 1.94 bits per heavy atom. The molecule has 0 aromatic carbocycles. The van der Waals surface area contributed by atoms with Gasteiger partial charge in [-0.3, -0.25) is 0 Å². The van der Waals surface area contributed by atoms with Gasteiger partial charge in [0.15, 0.2) is 0 Å². The zero-order chi connectivity index (χ0) is 12.4. The summed E-state index contributed by atoms with van der Waals surface area (Å²) in [6, 6.07) is 0.720. The minimum absolute atomic E-state index is 0.343. The van der Waals surface area contributed by atoms with E-state index in [-0.39, 0.29) is 0 Å². The highest BCUT2D eigenvalue weighted by Gasteiger charge is 2.35. The van der Waals surface area contributed by atoms with Crippen molar-refractivity contribution in [3.63, 3.8) is 0 Å². The van der Waals surface area contributed by atoms with E-state index < -0.39 is 14.5 Å². The molecule has 0 saturated heterocycles. The fourth-order valence-corrected chi connectivity index (χ4v) is 3.35. The summed E-state index contributed by atoms with van der Waals surface area (Å²) in [5, 5.41) is 0. The van der Waals surface area contributed by atoms with E-state index >= 15 is 0 Å². The van der Waals surface area contributed by atoms with Crippen LogP contribution >= 0.6 is 0 Å². The van der Waals surface area contributed by atoms with Crippen LogP contribution < -0.4 is 0 Å². The molecular formula is C10H20O5Si. The maximum atomic E-state index is 10.8. The van der Waals surface area contributed by atoms with Gasteiger partial charge in [-0.2, -0.15) is 0 Å². The second-order valence-electron chi connectivity index (χ2n) is 3.23. The van der Waals surface area contributed by atoms with Gasteiger partial charge in [0.25, 0.3) is 0 Å².